The smallest absolute Gasteiger partial charge is 0.317 e. The fourth-order valence-corrected chi connectivity index (χ4v) is 4.04. The Balaban J connectivity index is 1.44. The van der Waals surface area contributed by atoms with Crippen molar-refractivity contribution in [3.05, 3.63) is 29.8 Å². The Kier molecular flexibility index (Phi) is 6.21. The van der Waals surface area contributed by atoms with Gasteiger partial charge in [-0.2, -0.15) is 0 Å². The fraction of sp³-hybridized carbons (Fsp3) is 0.600. The molecule has 3 rings (SSSR count). The number of nitrogens with one attached hydrogen (secondary N) is 1. The van der Waals surface area contributed by atoms with Crippen molar-refractivity contribution in [1.29, 1.82) is 0 Å². The minimum Gasteiger partial charge on any atom is -0.497 e. The normalized spacial score (nSPS) is 24.6. The van der Waals surface area contributed by atoms with E-state index in [0.29, 0.717) is 12.5 Å². The van der Waals surface area contributed by atoms with Gasteiger partial charge in [0.1, 0.15) is 5.75 Å². The molecule has 1 saturated carbocycles. The van der Waals surface area contributed by atoms with Crippen LogP contribution in [0.1, 0.15) is 37.7 Å². The number of amides is 2. The molecule has 1 aliphatic heterocycles. The standard InChI is InChI=1S/C20H29N3O4/c1-3-22(13-19(24)25)17-10-16(11-17)21-20(26)23-9-8-15(12-23)14-4-6-18(27-2)7-5-14/h4-7,15-17H,3,8-13H2,1-2H3,(H,21,26)(H,24,25). The number of ether oxygens (including phenoxy) is 1. The van der Waals surface area contributed by atoms with Crippen molar-refractivity contribution in [2.24, 2.45) is 0 Å². The first kappa shape index (κ1) is 19.5. The largest absolute Gasteiger partial charge is 0.497 e. The highest BCUT2D eigenvalue weighted by atomic mass is 16.5. The molecule has 0 bridgehead atoms. The molecule has 7 nitrogen and oxygen atoms in total. The van der Waals surface area contributed by atoms with Crippen molar-refractivity contribution in [3.63, 3.8) is 0 Å². The lowest BCUT2D eigenvalue weighted by Gasteiger charge is -2.42. The zero-order chi connectivity index (χ0) is 19.4. The number of hydrogen-bond acceptors (Lipinski definition) is 4. The van der Waals surface area contributed by atoms with E-state index in [1.54, 1.807) is 7.11 Å². The number of rotatable bonds is 7. The molecule has 1 aromatic carbocycles. The summed E-state index contributed by atoms with van der Waals surface area (Å²) in [6.07, 6.45) is 2.61. The maximum Gasteiger partial charge on any atom is 0.317 e. The second-order valence-electron chi connectivity index (χ2n) is 7.43. The van der Waals surface area contributed by atoms with Gasteiger partial charge in [0.15, 0.2) is 0 Å². The quantitative estimate of drug-likeness (QED) is 0.763. The second kappa shape index (κ2) is 8.61. The van der Waals surface area contributed by atoms with Crippen molar-refractivity contribution in [2.45, 2.75) is 44.2 Å². The van der Waals surface area contributed by atoms with Crippen LogP contribution in [0.3, 0.4) is 0 Å². The Morgan fingerprint density at radius 2 is 2.00 bits per heavy atom. The molecule has 2 N–H and O–H groups in total. The summed E-state index contributed by atoms with van der Waals surface area (Å²) >= 11 is 0. The van der Waals surface area contributed by atoms with Crippen LogP contribution >= 0.6 is 0 Å². The van der Waals surface area contributed by atoms with E-state index in [9.17, 15) is 9.59 Å². The Hall–Kier alpha value is -2.28. The summed E-state index contributed by atoms with van der Waals surface area (Å²) in [7, 11) is 1.66. The van der Waals surface area contributed by atoms with E-state index >= 15 is 0 Å². The molecule has 27 heavy (non-hydrogen) atoms. The average molecular weight is 375 g/mol. The minimum absolute atomic E-state index is 0.00394. The summed E-state index contributed by atoms with van der Waals surface area (Å²) in [6.45, 7) is 4.25. The van der Waals surface area contributed by atoms with E-state index in [1.807, 2.05) is 28.9 Å². The second-order valence-corrected chi connectivity index (χ2v) is 7.43. The van der Waals surface area contributed by atoms with Crippen LogP contribution in [0.25, 0.3) is 0 Å². The van der Waals surface area contributed by atoms with E-state index in [1.165, 1.54) is 5.56 Å². The monoisotopic (exact) mass is 375 g/mol. The first-order valence-electron chi connectivity index (χ1n) is 9.65. The van der Waals surface area contributed by atoms with Crippen molar-refractivity contribution in [1.82, 2.24) is 15.1 Å². The molecule has 1 aromatic rings. The zero-order valence-electron chi connectivity index (χ0n) is 16.1. The summed E-state index contributed by atoms with van der Waals surface area (Å²) in [4.78, 5) is 27.3. The van der Waals surface area contributed by atoms with Crippen LogP contribution in [0.15, 0.2) is 24.3 Å². The van der Waals surface area contributed by atoms with Crippen LogP contribution in [0.2, 0.25) is 0 Å². The van der Waals surface area contributed by atoms with Gasteiger partial charge in [0.2, 0.25) is 0 Å². The summed E-state index contributed by atoms with van der Waals surface area (Å²) in [6, 6.07) is 8.46. The zero-order valence-corrected chi connectivity index (χ0v) is 16.1. The third-order valence-electron chi connectivity index (χ3n) is 5.76. The van der Waals surface area contributed by atoms with Crippen molar-refractivity contribution in [2.75, 3.05) is 33.3 Å². The Labute approximate surface area is 160 Å². The number of aliphatic carboxylic acids is 1. The Morgan fingerprint density at radius 1 is 1.30 bits per heavy atom. The van der Waals surface area contributed by atoms with Gasteiger partial charge in [-0.15, -0.1) is 0 Å². The van der Waals surface area contributed by atoms with Crippen LogP contribution in [-0.4, -0.2) is 72.3 Å². The molecule has 1 heterocycles. The summed E-state index contributed by atoms with van der Waals surface area (Å²) in [5, 5.41) is 12.1. The maximum absolute atomic E-state index is 12.5. The lowest BCUT2D eigenvalue weighted by Crippen LogP contribution is -2.56. The number of benzene rings is 1. The van der Waals surface area contributed by atoms with E-state index in [-0.39, 0.29) is 24.7 Å². The number of hydrogen-bond donors (Lipinski definition) is 2. The number of urea groups is 1. The van der Waals surface area contributed by atoms with E-state index in [0.717, 1.165) is 38.1 Å². The summed E-state index contributed by atoms with van der Waals surface area (Å²) in [5.41, 5.74) is 1.24. The van der Waals surface area contributed by atoms with Crippen LogP contribution in [0.4, 0.5) is 4.79 Å². The number of methoxy groups -OCH3 is 1. The predicted molar refractivity (Wildman–Crippen MR) is 102 cm³/mol. The van der Waals surface area contributed by atoms with Gasteiger partial charge >= 0.3 is 12.0 Å². The van der Waals surface area contributed by atoms with E-state index in [4.69, 9.17) is 9.84 Å². The molecule has 2 aliphatic rings. The topological polar surface area (TPSA) is 82.1 Å². The lowest BCUT2D eigenvalue weighted by atomic mass is 9.85. The van der Waals surface area contributed by atoms with E-state index in [2.05, 4.69) is 17.4 Å². The van der Waals surface area contributed by atoms with Crippen molar-refractivity contribution in [3.8, 4) is 5.75 Å². The van der Waals surface area contributed by atoms with Gasteiger partial charge in [-0.3, -0.25) is 9.69 Å². The molecule has 7 heteroatoms. The summed E-state index contributed by atoms with van der Waals surface area (Å²) in [5.74, 6) is 0.405. The molecular formula is C20H29N3O4. The molecule has 1 atom stereocenters. The molecule has 2 amide bonds. The van der Waals surface area contributed by atoms with Gasteiger partial charge in [-0.05, 0) is 43.5 Å². The fourth-order valence-electron chi connectivity index (χ4n) is 4.04. The number of carboxylic acid groups (broad SMARTS) is 1. The lowest BCUT2D eigenvalue weighted by molar-refractivity contribution is -0.139. The van der Waals surface area contributed by atoms with Gasteiger partial charge in [-0.1, -0.05) is 19.1 Å². The molecule has 0 aromatic heterocycles. The molecule has 1 aliphatic carbocycles. The third-order valence-corrected chi connectivity index (χ3v) is 5.76. The minimum atomic E-state index is -0.800. The first-order chi connectivity index (χ1) is 13.0. The number of likely N-dealkylation sites (tertiary alicyclic amines) is 1. The Bertz CT molecular complexity index is 658. The van der Waals surface area contributed by atoms with Crippen LogP contribution < -0.4 is 10.1 Å². The average Bonchev–Trinajstić information content (AvgIpc) is 3.12. The maximum atomic E-state index is 12.5. The SMILES string of the molecule is CCN(CC(=O)O)C1CC(NC(=O)N2CCC(c3ccc(OC)cc3)C2)C1. The number of likely N-dealkylation sites (N-methyl/N-ethyl adjacent to an activating group) is 1. The molecule has 1 unspecified atom stereocenters. The number of carbonyl (C=O) groups is 2. The van der Waals surface area contributed by atoms with Gasteiger partial charge in [0, 0.05) is 31.1 Å². The number of nitrogens with zero attached hydrogens (tertiary/aromatic N) is 2. The van der Waals surface area contributed by atoms with Gasteiger partial charge in [0.25, 0.3) is 0 Å². The van der Waals surface area contributed by atoms with Gasteiger partial charge in [-0.25, -0.2) is 4.79 Å². The number of carboxylic acids is 1. The highest BCUT2D eigenvalue weighted by Gasteiger charge is 2.36. The molecule has 2 fully saturated rings. The van der Waals surface area contributed by atoms with Crippen molar-refractivity contribution >= 4 is 12.0 Å². The van der Waals surface area contributed by atoms with Gasteiger partial charge in [0.05, 0.1) is 13.7 Å². The molecule has 0 radical (unpaired) electrons. The summed E-state index contributed by atoms with van der Waals surface area (Å²) < 4.78 is 5.20. The molecule has 148 valence electrons. The number of carbonyl (C=O) groups excluding carboxylic acids is 1. The Morgan fingerprint density at radius 3 is 2.59 bits per heavy atom. The van der Waals surface area contributed by atoms with Crippen LogP contribution in [0.5, 0.6) is 5.75 Å². The van der Waals surface area contributed by atoms with Crippen LogP contribution in [0, 0.1) is 0 Å². The highest BCUT2D eigenvalue weighted by molar-refractivity contribution is 5.75. The van der Waals surface area contributed by atoms with Gasteiger partial charge < -0.3 is 20.1 Å². The van der Waals surface area contributed by atoms with Crippen LogP contribution in [-0.2, 0) is 4.79 Å². The highest BCUT2D eigenvalue weighted by Crippen LogP contribution is 2.30. The van der Waals surface area contributed by atoms with E-state index < -0.39 is 5.97 Å². The first-order valence-corrected chi connectivity index (χ1v) is 9.65. The van der Waals surface area contributed by atoms with Crippen molar-refractivity contribution < 1.29 is 19.4 Å². The molecular weight excluding hydrogens is 346 g/mol. The molecule has 0 spiro atoms. The third kappa shape index (κ3) is 4.71. The molecule has 1 saturated heterocycles. The predicted octanol–water partition coefficient (Wildman–Crippen LogP) is 2.13.